The normalized spacial score (nSPS) is 46.0. The number of hydrogen-bond donors (Lipinski definition) is 2. The third-order valence-corrected chi connectivity index (χ3v) is 9.69. The maximum Gasteiger partial charge on any atom is 0.223 e. The van der Waals surface area contributed by atoms with Gasteiger partial charge in [0.05, 0.1) is 6.10 Å². The molecule has 28 heavy (non-hydrogen) atoms. The van der Waals surface area contributed by atoms with Gasteiger partial charge in [0.2, 0.25) is 5.91 Å². The molecule has 0 aromatic carbocycles. The molecule has 3 fully saturated rings. The Bertz CT molecular complexity index is 642. The highest BCUT2D eigenvalue weighted by Gasteiger charge is 2.58. The molecular weight excluding hydrogens is 346 g/mol. The molecule has 3 nitrogen and oxygen atoms in total. The lowest BCUT2D eigenvalue weighted by atomic mass is 9.47. The Hall–Kier alpha value is -0.830. The molecule has 1 unspecified atom stereocenters. The van der Waals surface area contributed by atoms with E-state index in [0.717, 1.165) is 32.2 Å². The van der Waals surface area contributed by atoms with E-state index in [1.807, 2.05) is 0 Å². The van der Waals surface area contributed by atoms with Gasteiger partial charge in [-0.25, -0.2) is 0 Å². The van der Waals surface area contributed by atoms with Gasteiger partial charge in [-0.1, -0.05) is 39.3 Å². The van der Waals surface area contributed by atoms with Crippen LogP contribution >= 0.6 is 0 Å². The van der Waals surface area contributed by atoms with Gasteiger partial charge in [0, 0.05) is 12.5 Å². The molecule has 0 heterocycles. The van der Waals surface area contributed by atoms with E-state index in [-0.39, 0.29) is 23.3 Å². The molecule has 0 bridgehead atoms. The SMILES string of the molecule is CCCNC(=O)[C@@H](C)[C@H]1CC[C@H]2C3=CCC4C[C@@H](O)CC[C@]4(C)[C@H]3CC[C@]12C. The van der Waals surface area contributed by atoms with Gasteiger partial charge < -0.3 is 10.4 Å². The van der Waals surface area contributed by atoms with E-state index in [1.165, 1.54) is 32.1 Å². The third kappa shape index (κ3) is 3.07. The maximum absolute atomic E-state index is 12.7. The van der Waals surface area contributed by atoms with Crippen molar-refractivity contribution in [2.24, 2.45) is 40.4 Å². The van der Waals surface area contributed by atoms with Crippen molar-refractivity contribution >= 4 is 5.91 Å². The third-order valence-electron chi connectivity index (χ3n) is 9.69. The first kappa shape index (κ1) is 20.4. The molecule has 0 aliphatic heterocycles. The zero-order valence-corrected chi connectivity index (χ0v) is 18.5. The fourth-order valence-corrected chi connectivity index (χ4v) is 7.94. The highest BCUT2D eigenvalue weighted by molar-refractivity contribution is 5.78. The summed E-state index contributed by atoms with van der Waals surface area (Å²) in [5, 5.41) is 13.3. The molecule has 1 amide bonds. The summed E-state index contributed by atoms with van der Waals surface area (Å²) in [7, 11) is 0. The summed E-state index contributed by atoms with van der Waals surface area (Å²) >= 11 is 0. The standard InChI is InChI=1S/C25H41NO2/c1-5-14-26-23(28)16(2)20-8-9-21-19-7-6-17-15-18(27)10-12-24(17,3)22(19)11-13-25(20,21)4/h7,16-18,20-22,27H,5-6,8-15H2,1-4H3,(H,26,28)/t16-,17?,18-,20+,21-,22-,24-,25+/m0/s1. The molecule has 0 spiro atoms. The number of carbonyl (C=O) groups is 1. The Morgan fingerprint density at radius 1 is 1.18 bits per heavy atom. The summed E-state index contributed by atoms with van der Waals surface area (Å²) < 4.78 is 0. The molecule has 0 radical (unpaired) electrons. The van der Waals surface area contributed by atoms with Crippen molar-refractivity contribution < 1.29 is 9.90 Å². The number of allylic oxidation sites excluding steroid dienone is 2. The van der Waals surface area contributed by atoms with Crippen molar-refractivity contribution in [1.29, 1.82) is 0 Å². The van der Waals surface area contributed by atoms with Crippen molar-refractivity contribution in [2.75, 3.05) is 6.54 Å². The summed E-state index contributed by atoms with van der Waals surface area (Å²) in [6, 6.07) is 0. The minimum absolute atomic E-state index is 0.0831. The van der Waals surface area contributed by atoms with Crippen LogP contribution in [0.3, 0.4) is 0 Å². The minimum Gasteiger partial charge on any atom is -0.393 e. The van der Waals surface area contributed by atoms with E-state index in [9.17, 15) is 9.90 Å². The van der Waals surface area contributed by atoms with E-state index in [1.54, 1.807) is 5.57 Å². The van der Waals surface area contributed by atoms with E-state index in [2.05, 4.69) is 39.1 Å². The summed E-state index contributed by atoms with van der Waals surface area (Å²) in [5.74, 6) is 2.93. The Labute approximate surface area is 171 Å². The molecule has 2 N–H and O–H groups in total. The van der Waals surface area contributed by atoms with Crippen LogP contribution in [0.15, 0.2) is 11.6 Å². The predicted molar refractivity (Wildman–Crippen MR) is 114 cm³/mol. The molecule has 8 atom stereocenters. The van der Waals surface area contributed by atoms with Gasteiger partial charge in [-0.2, -0.15) is 0 Å². The van der Waals surface area contributed by atoms with Gasteiger partial charge in [0.1, 0.15) is 0 Å². The second-order valence-electron chi connectivity index (χ2n) is 11.0. The molecule has 0 aromatic heterocycles. The summed E-state index contributed by atoms with van der Waals surface area (Å²) in [6.07, 6.45) is 12.8. The van der Waals surface area contributed by atoms with Gasteiger partial charge in [-0.05, 0) is 92.3 Å². The van der Waals surface area contributed by atoms with Crippen molar-refractivity contribution in [2.45, 2.75) is 91.6 Å². The molecule has 0 saturated heterocycles. The summed E-state index contributed by atoms with van der Waals surface area (Å²) in [5.41, 5.74) is 2.41. The van der Waals surface area contributed by atoms with Crippen LogP contribution in [0, 0.1) is 40.4 Å². The number of aliphatic hydroxyl groups excluding tert-OH is 1. The van der Waals surface area contributed by atoms with Crippen molar-refractivity contribution in [3.8, 4) is 0 Å². The van der Waals surface area contributed by atoms with E-state index in [4.69, 9.17) is 0 Å². The van der Waals surface area contributed by atoms with Crippen LogP contribution in [-0.4, -0.2) is 23.7 Å². The smallest absolute Gasteiger partial charge is 0.223 e. The monoisotopic (exact) mass is 387 g/mol. The molecule has 4 aliphatic carbocycles. The first-order chi connectivity index (χ1) is 13.3. The Kier molecular flexibility index (Phi) is 5.44. The van der Waals surface area contributed by atoms with Crippen LogP contribution in [0.5, 0.6) is 0 Å². The average molecular weight is 388 g/mol. The Morgan fingerprint density at radius 2 is 1.89 bits per heavy atom. The quantitative estimate of drug-likeness (QED) is 0.660. The number of carbonyl (C=O) groups excluding carboxylic acids is 1. The Balaban J connectivity index is 1.56. The van der Waals surface area contributed by atoms with Gasteiger partial charge in [-0.3, -0.25) is 4.79 Å². The van der Waals surface area contributed by atoms with Crippen molar-refractivity contribution in [3.05, 3.63) is 11.6 Å². The van der Waals surface area contributed by atoms with E-state index in [0.29, 0.717) is 29.1 Å². The molecular formula is C25H41NO2. The molecule has 3 saturated carbocycles. The number of aliphatic hydroxyl groups is 1. The average Bonchev–Trinajstić information content (AvgIpc) is 3.03. The number of rotatable bonds is 4. The zero-order valence-electron chi connectivity index (χ0n) is 18.5. The second-order valence-corrected chi connectivity index (χ2v) is 11.0. The van der Waals surface area contributed by atoms with Gasteiger partial charge in [0.15, 0.2) is 0 Å². The lowest BCUT2D eigenvalue weighted by Crippen LogP contribution is -2.50. The highest BCUT2D eigenvalue weighted by Crippen LogP contribution is 2.66. The Morgan fingerprint density at radius 3 is 2.64 bits per heavy atom. The van der Waals surface area contributed by atoms with Crippen LogP contribution in [0.1, 0.15) is 85.5 Å². The van der Waals surface area contributed by atoms with Crippen molar-refractivity contribution in [3.63, 3.8) is 0 Å². The van der Waals surface area contributed by atoms with Crippen LogP contribution in [0.25, 0.3) is 0 Å². The summed E-state index contributed by atoms with van der Waals surface area (Å²) in [4.78, 5) is 12.7. The van der Waals surface area contributed by atoms with Crippen LogP contribution in [-0.2, 0) is 4.79 Å². The summed E-state index contributed by atoms with van der Waals surface area (Å²) in [6.45, 7) is 10.1. The largest absolute Gasteiger partial charge is 0.393 e. The first-order valence-electron chi connectivity index (χ1n) is 12.0. The van der Waals surface area contributed by atoms with Crippen molar-refractivity contribution in [1.82, 2.24) is 5.32 Å². The first-order valence-corrected chi connectivity index (χ1v) is 12.0. The number of amides is 1. The lowest BCUT2D eigenvalue weighted by Gasteiger charge is -2.57. The topological polar surface area (TPSA) is 49.3 Å². The van der Waals surface area contributed by atoms with Gasteiger partial charge in [-0.15, -0.1) is 0 Å². The number of hydrogen-bond acceptors (Lipinski definition) is 2. The van der Waals surface area contributed by atoms with Gasteiger partial charge in [0.25, 0.3) is 0 Å². The van der Waals surface area contributed by atoms with E-state index >= 15 is 0 Å². The van der Waals surface area contributed by atoms with E-state index < -0.39 is 0 Å². The maximum atomic E-state index is 12.7. The highest BCUT2D eigenvalue weighted by atomic mass is 16.3. The van der Waals surface area contributed by atoms with Crippen LogP contribution in [0.4, 0.5) is 0 Å². The molecule has 3 heteroatoms. The molecule has 158 valence electrons. The lowest BCUT2D eigenvalue weighted by molar-refractivity contribution is -0.128. The van der Waals surface area contributed by atoms with Gasteiger partial charge >= 0.3 is 0 Å². The van der Waals surface area contributed by atoms with Crippen LogP contribution in [0.2, 0.25) is 0 Å². The fraction of sp³-hybridized carbons (Fsp3) is 0.880. The number of nitrogens with one attached hydrogen (secondary N) is 1. The fourth-order valence-electron chi connectivity index (χ4n) is 7.94. The second kappa shape index (κ2) is 7.45. The predicted octanol–water partition coefficient (Wildman–Crippen LogP) is 5.09. The molecule has 4 aliphatic rings. The molecule has 4 rings (SSSR count). The minimum atomic E-state index is -0.0831. The van der Waals surface area contributed by atoms with Crippen LogP contribution < -0.4 is 5.32 Å². The zero-order chi connectivity index (χ0) is 20.1. The number of fused-ring (bicyclic) bond motifs is 5. The molecule has 0 aromatic rings.